The van der Waals surface area contributed by atoms with Crippen molar-refractivity contribution >= 4 is 0 Å². The predicted molar refractivity (Wildman–Crippen MR) is 36.7 cm³/mol. The Morgan fingerprint density at radius 3 is 2.50 bits per heavy atom. The number of alkyl halides is 2. The Labute approximate surface area is 67.9 Å². The summed E-state index contributed by atoms with van der Waals surface area (Å²) in [6.07, 6.45) is -0.104. The third-order valence-electron chi connectivity index (χ3n) is 1.99. The second kappa shape index (κ2) is 2.76. The molecule has 2 unspecified atom stereocenters. The van der Waals surface area contributed by atoms with Gasteiger partial charge >= 0.3 is 5.92 Å². The Bertz CT molecular complexity index is 205. The lowest BCUT2D eigenvalue weighted by molar-refractivity contribution is -0.225. The zero-order valence-electron chi connectivity index (χ0n) is 6.24. The molecule has 0 radical (unpaired) electrons. The maximum Gasteiger partial charge on any atom is 0.307 e. The molecule has 0 heterocycles. The summed E-state index contributed by atoms with van der Waals surface area (Å²) in [6, 6.07) is 0. The second-order valence-electron chi connectivity index (χ2n) is 2.86. The fourth-order valence-corrected chi connectivity index (χ4v) is 1.10. The van der Waals surface area contributed by atoms with Crippen molar-refractivity contribution in [1.29, 1.82) is 0 Å². The maximum absolute atomic E-state index is 12.9. The SMILES string of the molecule is OCC1(O)C=CCC(O)C1(F)F. The maximum atomic E-state index is 12.9. The lowest BCUT2D eigenvalue weighted by Crippen LogP contribution is -2.57. The van der Waals surface area contributed by atoms with E-state index in [1.54, 1.807) is 0 Å². The van der Waals surface area contributed by atoms with Crippen LogP contribution in [0, 0.1) is 0 Å². The van der Waals surface area contributed by atoms with Gasteiger partial charge in [-0.3, -0.25) is 0 Å². The van der Waals surface area contributed by atoms with Crippen LogP contribution in [0.5, 0.6) is 0 Å². The van der Waals surface area contributed by atoms with Gasteiger partial charge in [0.25, 0.3) is 0 Å². The number of aliphatic hydroxyl groups is 3. The molecule has 0 saturated heterocycles. The molecule has 3 N–H and O–H groups in total. The zero-order chi connectivity index (χ0) is 9.41. The van der Waals surface area contributed by atoms with Crippen LogP contribution >= 0.6 is 0 Å². The smallest absolute Gasteiger partial charge is 0.307 e. The van der Waals surface area contributed by atoms with E-state index >= 15 is 0 Å². The normalized spacial score (nSPS) is 39.9. The Balaban J connectivity index is 3.00. The number of hydrogen-bond acceptors (Lipinski definition) is 3. The summed E-state index contributed by atoms with van der Waals surface area (Å²) in [6.45, 7) is -1.10. The molecule has 2 atom stereocenters. The first-order valence-electron chi connectivity index (χ1n) is 3.51. The van der Waals surface area contributed by atoms with Gasteiger partial charge in [-0.15, -0.1) is 0 Å². The molecule has 3 nitrogen and oxygen atoms in total. The van der Waals surface area contributed by atoms with Crippen LogP contribution in [-0.4, -0.2) is 39.6 Å². The minimum atomic E-state index is -3.68. The molecule has 5 heteroatoms. The number of rotatable bonds is 1. The van der Waals surface area contributed by atoms with Gasteiger partial charge in [0.15, 0.2) is 5.60 Å². The Kier molecular flexibility index (Phi) is 2.20. The molecule has 70 valence electrons. The molecule has 0 bridgehead atoms. The van der Waals surface area contributed by atoms with Crippen molar-refractivity contribution in [3.05, 3.63) is 12.2 Å². The lowest BCUT2D eigenvalue weighted by Gasteiger charge is -2.37. The van der Waals surface area contributed by atoms with Gasteiger partial charge in [0.1, 0.15) is 6.10 Å². The molecule has 12 heavy (non-hydrogen) atoms. The fourth-order valence-electron chi connectivity index (χ4n) is 1.10. The zero-order valence-corrected chi connectivity index (χ0v) is 6.24. The van der Waals surface area contributed by atoms with Crippen molar-refractivity contribution in [1.82, 2.24) is 0 Å². The summed E-state index contributed by atoms with van der Waals surface area (Å²) in [5.41, 5.74) is -2.62. The van der Waals surface area contributed by atoms with E-state index in [0.29, 0.717) is 0 Å². The van der Waals surface area contributed by atoms with Crippen LogP contribution in [0.2, 0.25) is 0 Å². The highest BCUT2D eigenvalue weighted by molar-refractivity contribution is 5.16. The van der Waals surface area contributed by atoms with E-state index in [0.717, 1.165) is 6.08 Å². The topological polar surface area (TPSA) is 60.7 Å². The average molecular weight is 180 g/mol. The number of halogens is 2. The Morgan fingerprint density at radius 1 is 1.50 bits per heavy atom. The summed E-state index contributed by atoms with van der Waals surface area (Å²) in [7, 11) is 0. The van der Waals surface area contributed by atoms with Gasteiger partial charge in [-0.25, -0.2) is 8.78 Å². The van der Waals surface area contributed by atoms with E-state index in [1.807, 2.05) is 0 Å². The minimum Gasteiger partial charge on any atom is -0.393 e. The van der Waals surface area contributed by atoms with Crippen LogP contribution in [0.3, 0.4) is 0 Å². The molecule has 1 aliphatic carbocycles. The van der Waals surface area contributed by atoms with Crippen LogP contribution in [0.15, 0.2) is 12.2 Å². The molecule has 1 aliphatic rings. The van der Waals surface area contributed by atoms with Gasteiger partial charge in [-0.2, -0.15) is 0 Å². The first-order chi connectivity index (χ1) is 5.44. The first-order valence-corrected chi connectivity index (χ1v) is 3.51. The van der Waals surface area contributed by atoms with Crippen molar-refractivity contribution in [2.45, 2.75) is 24.0 Å². The van der Waals surface area contributed by atoms with Crippen LogP contribution in [-0.2, 0) is 0 Å². The van der Waals surface area contributed by atoms with E-state index in [9.17, 15) is 8.78 Å². The van der Waals surface area contributed by atoms with E-state index in [4.69, 9.17) is 15.3 Å². The fraction of sp³-hybridized carbons (Fsp3) is 0.714. The van der Waals surface area contributed by atoms with Gasteiger partial charge in [0.2, 0.25) is 0 Å². The Morgan fingerprint density at radius 2 is 2.08 bits per heavy atom. The molecule has 0 fully saturated rings. The Hall–Kier alpha value is -0.520. The third kappa shape index (κ3) is 1.14. The van der Waals surface area contributed by atoms with Crippen molar-refractivity contribution in [3.8, 4) is 0 Å². The van der Waals surface area contributed by atoms with Crippen LogP contribution in [0.25, 0.3) is 0 Å². The molecule has 0 aromatic heterocycles. The molecular formula is C7H10F2O3. The monoisotopic (exact) mass is 180 g/mol. The lowest BCUT2D eigenvalue weighted by atomic mass is 9.85. The van der Waals surface area contributed by atoms with Gasteiger partial charge in [0, 0.05) is 0 Å². The van der Waals surface area contributed by atoms with E-state index in [1.165, 1.54) is 6.08 Å². The van der Waals surface area contributed by atoms with Gasteiger partial charge in [-0.05, 0) is 12.5 Å². The summed E-state index contributed by atoms with van der Waals surface area (Å²) in [5, 5.41) is 26.5. The molecule has 0 aromatic carbocycles. The van der Waals surface area contributed by atoms with Gasteiger partial charge < -0.3 is 15.3 Å². The van der Waals surface area contributed by atoms with Crippen molar-refractivity contribution < 1.29 is 24.1 Å². The highest BCUT2D eigenvalue weighted by Gasteiger charge is 2.57. The molecular weight excluding hydrogens is 170 g/mol. The quantitative estimate of drug-likeness (QED) is 0.484. The second-order valence-corrected chi connectivity index (χ2v) is 2.86. The largest absolute Gasteiger partial charge is 0.393 e. The summed E-state index contributed by atoms with van der Waals surface area (Å²) in [4.78, 5) is 0. The third-order valence-corrected chi connectivity index (χ3v) is 1.99. The highest BCUT2D eigenvalue weighted by atomic mass is 19.3. The number of aliphatic hydroxyl groups excluding tert-OH is 2. The average Bonchev–Trinajstić information content (AvgIpc) is 2.01. The van der Waals surface area contributed by atoms with Crippen LogP contribution in [0.4, 0.5) is 8.78 Å². The van der Waals surface area contributed by atoms with Crippen molar-refractivity contribution in [3.63, 3.8) is 0 Å². The molecule has 0 aromatic rings. The standard InChI is InChI=1S/C7H10F2O3/c8-7(9)5(11)2-1-3-6(7,12)4-10/h1,3,5,10-12H,2,4H2. The van der Waals surface area contributed by atoms with Gasteiger partial charge in [0.05, 0.1) is 6.61 Å². The highest BCUT2D eigenvalue weighted by Crippen LogP contribution is 2.37. The number of hydrogen-bond donors (Lipinski definition) is 3. The summed E-state index contributed by atoms with van der Waals surface area (Å²) < 4.78 is 25.9. The van der Waals surface area contributed by atoms with Crippen LogP contribution in [0.1, 0.15) is 6.42 Å². The molecule has 0 amide bonds. The van der Waals surface area contributed by atoms with Gasteiger partial charge in [-0.1, -0.05) is 6.08 Å². The molecule has 0 saturated carbocycles. The van der Waals surface area contributed by atoms with E-state index < -0.39 is 24.2 Å². The van der Waals surface area contributed by atoms with Crippen LogP contribution < -0.4 is 0 Å². The minimum absolute atomic E-state index is 0.213. The van der Waals surface area contributed by atoms with E-state index in [-0.39, 0.29) is 6.42 Å². The molecule has 0 aliphatic heterocycles. The summed E-state index contributed by atoms with van der Waals surface area (Å²) in [5.74, 6) is -3.68. The van der Waals surface area contributed by atoms with Crippen molar-refractivity contribution in [2.24, 2.45) is 0 Å². The summed E-state index contributed by atoms with van der Waals surface area (Å²) >= 11 is 0. The van der Waals surface area contributed by atoms with E-state index in [2.05, 4.69) is 0 Å². The molecule has 1 rings (SSSR count). The first kappa shape index (κ1) is 9.57. The van der Waals surface area contributed by atoms with Crippen molar-refractivity contribution in [2.75, 3.05) is 6.61 Å². The predicted octanol–water partition coefficient (Wildman–Crippen LogP) is -0.334. The molecule has 0 spiro atoms.